The Morgan fingerprint density at radius 3 is 2.69 bits per heavy atom. The van der Waals surface area contributed by atoms with Crippen molar-refractivity contribution in [3.8, 4) is 0 Å². The zero-order valence-corrected chi connectivity index (χ0v) is 16.7. The van der Waals surface area contributed by atoms with E-state index in [-0.39, 0.29) is 23.3 Å². The maximum Gasteiger partial charge on any atom is 0.253 e. The molecule has 0 bridgehead atoms. The van der Waals surface area contributed by atoms with Gasteiger partial charge in [-0.2, -0.15) is 0 Å². The molecule has 2 aromatic carbocycles. The number of anilines is 2. The third-order valence-electron chi connectivity index (χ3n) is 5.92. The first-order valence-corrected chi connectivity index (χ1v) is 10.2. The number of fused-ring (bicyclic) bond motifs is 1. The Hall–Kier alpha value is -2.89. The minimum Gasteiger partial charge on any atom is -0.367 e. The fourth-order valence-corrected chi connectivity index (χ4v) is 4.08. The quantitative estimate of drug-likeness (QED) is 0.786. The molecule has 2 aromatic rings. The Kier molecular flexibility index (Phi) is 5.26. The fourth-order valence-electron chi connectivity index (χ4n) is 4.08. The van der Waals surface area contributed by atoms with Crippen molar-refractivity contribution in [3.05, 3.63) is 59.4 Å². The zero-order chi connectivity index (χ0) is 20.5. The molecule has 2 aliphatic rings. The molecular weight excluding hydrogens is 369 g/mol. The van der Waals surface area contributed by atoms with Gasteiger partial charge in [0, 0.05) is 30.7 Å². The van der Waals surface area contributed by atoms with E-state index in [1.54, 1.807) is 0 Å². The molecule has 1 aliphatic heterocycles. The van der Waals surface area contributed by atoms with E-state index in [4.69, 9.17) is 0 Å². The van der Waals surface area contributed by atoms with Gasteiger partial charge in [0.15, 0.2) is 0 Å². The number of carbonyl (C=O) groups is 2. The Morgan fingerprint density at radius 1 is 1.17 bits per heavy atom. The standard InChI is InChI=1S/C23H26FN3O2/c1-14-11-18(14)23(29)26-20-8-7-17(24)13-19(20)22(28)25-9-10-27-15(2)12-16-5-3-4-6-21(16)27/h3-8,13-15,18H,9-12H2,1-2H3,(H,25,28)(H,26,29). The van der Waals surface area contributed by atoms with Crippen molar-refractivity contribution in [3.63, 3.8) is 0 Å². The molecule has 5 nitrogen and oxygen atoms in total. The van der Waals surface area contributed by atoms with Crippen molar-refractivity contribution in [2.45, 2.75) is 32.7 Å². The maximum absolute atomic E-state index is 13.8. The van der Waals surface area contributed by atoms with Crippen LogP contribution in [-0.4, -0.2) is 30.9 Å². The lowest BCUT2D eigenvalue weighted by Gasteiger charge is -2.25. The number of halogens is 1. The van der Waals surface area contributed by atoms with E-state index in [1.807, 2.05) is 19.1 Å². The van der Waals surface area contributed by atoms with E-state index in [2.05, 4.69) is 34.6 Å². The van der Waals surface area contributed by atoms with E-state index in [0.29, 0.717) is 30.7 Å². The van der Waals surface area contributed by atoms with E-state index in [0.717, 1.165) is 12.8 Å². The second kappa shape index (κ2) is 7.85. The van der Waals surface area contributed by atoms with Crippen LogP contribution in [0.15, 0.2) is 42.5 Å². The predicted molar refractivity (Wildman–Crippen MR) is 112 cm³/mol. The number of para-hydroxylation sites is 1. The lowest BCUT2D eigenvalue weighted by Crippen LogP contribution is -2.38. The molecule has 1 fully saturated rings. The SMILES string of the molecule is CC1CC1C(=O)Nc1ccc(F)cc1C(=O)NCCN1c2ccccc2CC1C. The highest BCUT2D eigenvalue weighted by molar-refractivity contribution is 6.04. The van der Waals surface area contributed by atoms with Gasteiger partial charge in [0.05, 0.1) is 11.3 Å². The summed E-state index contributed by atoms with van der Waals surface area (Å²) >= 11 is 0. The van der Waals surface area contributed by atoms with Crippen molar-refractivity contribution in [2.24, 2.45) is 11.8 Å². The summed E-state index contributed by atoms with van der Waals surface area (Å²) in [7, 11) is 0. The monoisotopic (exact) mass is 395 g/mol. The van der Waals surface area contributed by atoms with Gasteiger partial charge in [-0.25, -0.2) is 4.39 Å². The molecule has 1 heterocycles. The van der Waals surface area contributed by atoms with Crippen molar-refractivity contribution in [1.82, 2.24) is 5.32 Å². The molecule has 0 saturated heterocycles. The smallest absolute Gasteiger partial charge is 0.253 e. The van der Waals surface area contributed by atoms with Crippen LogP contribution in [0.5, 0.6) is 0 Å². The molecule has 152 valence electrons. The normalized spacial score (nSPS) is 22.2. The molecule has 1 aliphatic carbocycles. The van der Waals surface area contributed by atoms with Crippen LogP contribution in [0.3, 0.4) is 0 Å². The summed E-state index contributed by atoms with van der Waals surface area (Å²) in [6, 6.07) is 12.5. The summed E-state index contributed by atoms with van der Waals surface area (Å²) in [5.74, 6) is -0.662. The molecule has 4 rings (SSSR count). The van der Waals surface area contributed by atoms with Crippen LogP contribution < -0.4 is 15.5 Å². The third-order valence-corrected chi connectivity index (χ3v) is 5.92. The zero-order valence-electron chi connectivity index (χ0n) is 16.7. The molecule has 2 N–H and O–H groups in total. The Bertz CT molecular complexity index is 945. The van der Waals surface area contributed by atoms with Crippen LogP contribution in [0, 0.1) is 17.7 Å². The highest BCUT2D eigenvalue weighted by Gasteiger charge is 2.39. The molecule has 3 atom stereocenters. The Labute approximate surface area is 170 Å². The van der Waals surface area contributed by atoms with Crippen LogP contribution >= 0.6 is 0 Å². The largest absolute Gasteiger partial charge is 0.367 e. The second-order valence-corrected chi connectivity index (χ2v) is 8.13. The van der Waals surface area contributed by atoms with Crippen LogP contribution in [0.4, 0.5) is 15.8 Å². The summed E-state index contributed by atoms with van der Waals surface area (Å²) in [5.41, 5.74) is 3.02. The fraction of sp³-hybridized carbons (Fsp3) is 0.391. The summed E-state index contributed by atoms with van der Waals surface area (Å²) in [5, 5.41) is 5.66. The molecule has 6 heteroatoms. The maximum atomic E-state index is 13.8. The van der Waals surface area contributed by atoms with Gasteiger partial charge in [0.1, 0.15) is 5.82 Å². The van der Waals surface area contributed by atoms with Gasteiger partial charge in [-0.05, 0) is 55.5 Å². The van der Waals surface area contributed by atoms with Crippen molar-refractivity contribution in [2.75, 3.05) is 23.3 Å². The summed E-state index contributed by atoms with van der Waals surface area (Å²) in [6.45, 7) is 5.28. The van der Waals surface area contributed by atoms with E-state index in [1.165, 1.54) is 29.4 Å². The van der Waals surface area contributed by atoms with Gasteiger partial charge in [-0.1, -0.05) is 25.1 Å². The molecule has 2 amide bonds. The number of rotatable bonds is 6. The van der Waals surface area contributed by atoms with Crippen molar-refractivity contribution < 1.29 is 14.0 Å². The Morgan fingerprint density at radius 2 is 1.93 bits per heavy atom. The minimum absolute atomic E-state index is 0.0207. The summed E-state index contributed by atoms with van der Waals surface area (Å²) < 4.78 is 13.8. The molecular formula is C23H26FN3O2. The molecule has 0 radical (unpaired) electrons. The molecule has 0 aromatic heterocycles. The van der Waals surface area contributed by atoms with Gasteiger partial charge < -0.3 is 15.5 Å². The van der Waals surface area contributed by atoms with Crippen LogP contribution in [0.25, 0.3) is 0 Å². The van der Waals surface area contributed by atoms with Gasteiger partial charge >= 0.3 is 0 Å². The summed E-state index contributed by atoms with van der Waals surface area (Å²) in [6.07, 6.45) is 1.84. The van der Waals surface area contributed by atoms with Gasteiger partial charge in [0.2, 0.25) is 5.91 Å². The first-order chi connectivity index (χ1) is 13.9. The van der Waals surface area contributed by atoms with Crippen molar-refractivity contribution >= 4 is 23.2 Å². The Balaban J connectivity index is 1.40. The highest BCUT2D eigenvalue weighted by atomic mass is 19.1. The number of nitrogens with zero attached hydrogens (tertiary/aromatic N) is 1. The van der Waals surface area contributed by atoms with Gasteiger partial charge in [-0.15, -0.1) is 0 Å². The number of benzene rings is 2. The van der Waals surface area contributed by atoms with Crippen LogP contribution in [-0.2, 0) is 11.2 Å². The van der Waals surface area contributed by atoms with Crippen LogP contribution in [0.1, 0.15) is 36.2 Å². The summed E-state index contributed by atoms with van der Waals surface area (Å²) in [4.78, 5) is 27.2. The minimum atomic E-state index is -0.505. The molecule has 3 unspecified atom stereocenters. The average Bonchev–Trinajstić information content (AvgIpc) is 3.35. The number of carbonyl (C=O) groups excluding carboxylic acids is 2. The molecule has 29 heavy (non-hydrogen) atoms. The number of hydrogen-bond acceptors (Lipinski definition) is 3. The van der Waals surface area contributed by atoms with E-state index in [9.17, 15) is 14.0 Å². The lowest BCUT2D eigenvalue weighted by atomic mass is 10.1. The van der Waals surface area contributed by atoms with Crippen LogP contribution in [0.2, 0.25) is 0 Å². The topological polar surface area (TPSA) is 61.4 Å². The number of nitrogens with one attached hydrogen (secondary N) is 2. The van der Waals surface area contributed by atoms with E-state index < -0.39 is 5.82 Å². The predicted octanol–water partition coefficient (Wildman–Crippen LogP) is 3.60. The molecule has 1 saturated carbocycles. The third kappa shape index (κ3) is 4.11. The molecule has 0 spiro atoms. The first kappa shape index (κ1) is 19.4. The van der Waals surface area contributed by atoms with Gasteiger partial charge in [-0.3, -0.25) is 9.59 Å². The van der Waals surface area contributed by atoms with E-state index >= 15 is 0 Å². The number of amides is 2. The van der Waals surface area contributed by atoms with Crippen molar-refractivity contribution in [1.29, 1.82) is 0 Å². The lowest BCUT2D eigenvalue weighted by molar-refractivity contribution is -0.117. The second-order valence-electron chi connectivity index (χ2n) is 8.13. The highest BCUT2D eigenvalue weighted by Crippen LogP contribution is 2.38. The van der Waals surface area contributed by atoms with Gasteiger partial charge in [0.25, 0.3) is 5.91 Å². The average molecular weight is 395 g/mol. The number of hydrogen-bond donors (Lipinski definition) is 2. The first-order valence-electron chi connectivity index (χ1n) is 10.2.